The van der Waals surface area contributed by atoms with Crippen LogP contribution in [0.2, 0.25) is 0 Å². The highest BCUT2D eigenvalue weighted by atomic mass is 16.5. The van der Waals surface area contributed by atoms with Gasteiger partial charge in [0.05, 0.1) is 7.11 Å². The molecule has 0 bridgehead atoms. The highest BCUT2D eigenvalue weighted by Crippen LogP contribution is 2.29. The van der Waals surface area contributed by atoms with Crippen molar-refractivity contribution in [2.24, 2.45) is 5.92 Å². The lowest BCUT2D eigenvalue weighted by Gasteiger charge is -2.20. The zero-order valence-corrected chi connectivity index (χ0v) is 11.0. The fraction of sp³-hybridized carbons (Fsp3) is 0.500. The molecule has 17 heavy (non-hydrogen) atoms. The third-order valence-corrected chi connectivity index (χ3v) is 3.03. The number of rotatable bonds is 5. The van der Waals surface area contributed by atoms with Gasteiger partial charge in [0, 0.05) is 13.5 Å². The van der Waals surface area contributed by atoms with Gasteiger partial charge in [-0.1, -0.05) is 26.0 Å². The van der Waals surface area contributed by atoms with Crippen LogP contribution in [-0.2, 0) is 4.79 Å². The van der Waals surface area contributed by atoms with Crippen molar-refractivity contribution in [3.8, 4) is 5.75 Å². The molecule has 0 aliphatic heterocycles. The summed E-state index contributed by atoms with van der Waals surface area (Å²) in [4.78, 5) is 11.5. The van der Waals surface area contributed by atoms with E-state index in [1.807, 2.05) is 24.3 Å². The zero-order chi connectivity index (χ0) is 12.8. The maximum Gasteiger partial charge on any atom is 0.220 e. The van der Waals surface area contributed by atoms with Crippen LogP contribution in [0.4, 0.5) is 0 Å². The molecule has 3 nitrogen and oxygen atoms in total. The summed E-state index contributed by atoms with van der Waals surface area (Å²) in [6, 6.07) is 7.95. The second kappa shape index (κ2) is 6.28. The molecule has 0 spiro atoms. The van der Waals surface area contributed by atoms with Crippen LogP contribution in [0.5, 0.6) is 5.75 Å². The Morgan fingerprint density at radius 3 is 2.29 bits per heavy atom. The molecule has 1 unspecified atom stereocenters. The van der Waals surface area contributed by atoms with E-state index in [1.165, 1.54) is 5.56 Å². The van der Waals surface area contributed by atoms with Crippen LogP contribution >= 0.6 is 0 Å². The Morgan fingerprint density at radius 2 is 1.88 bits per heavy atom. The van der Waals surface area contributed by atoms with Crippen LogP contribution in [0.15, 0.2) is 24.3 Å². The second-order valence-corrected chi connectivity index (χ2v) is 4.50. The van der Waals surface area contributed by atoms with E-state index in [2.05, 4.69) is 19.2 Å². The maximum absolute atomic E-state index is 11.5. The maximum atomic E-state index is 11.5. The highest BCUT2D eigenvalue weighted by Gasteiger charge is 2.18. The first-order valence-electron chi connectivity index (χ1n) is 5.93. The molecule has 3 heteroatoms. The van der Waals surface area contributed by atoms with Crippen molar-refractivity contribution in [2.45, 2.75) is 26.2 Å². The summed E-state index contributed by atoms with van der Waals surface area (Å²) >= 11 is 0. The first-order valence-corrected chi connectivity index (χ1v) is 5.93. The molecule has 1 atom stereocenters. The first-order chi connectivity index (χ1) is 8.08. The van der Waals surface area contributed by atoms with E-state index in [4.69, 9.17) is 4.74 Å². The Kier molecular flexibility index (Phi) is 5.01. The van der Waals surface area contributed by atoms with Crippen LogP contribution in [-0.4, -0.2) is 20.1 Å². The fourth-order valence-corrected chi connectivity index (χ4v) is 1.89. The van der Waals surface area contributed by atoms with Gasteiger partial charge in [0.1, 0.15) is 5.75 Å². The van der Waals surface area contributed by atoms with Crippen molar-refractivity contribution in [1.29, 1.82) is 0 Å². The van der Waals surface area contributed by atoms with Crippen LogP contribution in [0, 0.1) is 5.92 Å². The van der Waals surface area contributed by atoms with Gasteiger partial charge >= 0.3 is 0 Å². The zero-order valence-electron chi connectivity index (χ0n) is 11.0. The number of amides is 1. The molecular formula is C14H21NO2. The monoisotopic (exact) mass is 235 g/mol. The van der Waals surface area contributed by atoms with Gasteiger partial charge < -0.3 is 10.1 Å². The van der Waals surface area contributed by atoms with Gasteiger partial charge in [-0.05, 0) is 29.5 Å². The third kappa shape index (κ3) is 3.77. The van der Waals surface area contributed by atoms with Gasteiger partial charge in [-0.3, -0.25) is 4.79 Å². The largest absolute Gasteiger partial charge is 0.497 e. The Balaban J connectivity index is 2.85. The second-order valence-electron chi connectivity index (χ2n) is 4.50. The van der Waals surface area contributed by atoms with E-state index >= 15 is 0 Å². The molecule has 0 aromatic heterocycles. The molecule has 0 aliphatic rings. The topological polar surface area (TPSA) is 38.3 Å². The molecule has 1 rings (SSSR count). The number of benzene rings is 1. The fourth-order valence-electron chi connectivity index (χ4n) is 1.89. The summed E-state index contributed by atoms with van der Waals surface area (Å²) < 4.78 is 5.13. The van der Waals surface area contributed by atoms with E-state index in [1.54, 1.807) is 14.2 Å². The van der Waals surface area contributed by atoms with Crippen molar-refractivity contribution in [3.05, 3.63) is 29.8 Å². The average Bonchev–Trinajstić information content (AvgIpc) is 2.35. The normalized spacial score (nSPS) is 12.3. The van der Waals surface area contributed by atoms with E-state index in [9.17, 15) is 4.79 Å². The molecule has 0 aliphatic carbocycles. The molecule has 0 heterocycles. The molecule has 0 fully saturated rings. The summed E-state index contributed by atoms with van der Waals surface area (Å²) in [7, 11) is 3.33. The molecule has 0 saturated heterocycles. The minimum absolute atomic E-state index is 0.0829. The molecule has 1 aromatic rings. The van der Waals surface area contributed by atoms with Gasteiger partial charge in [-0.2, -0.15) is 0 Å². The number of carbonyl (C=O) groups excluding carboxylic acids is 1. The predicted molar refractivity (Wildman–Crippen MR) is 69.3 cm³/mol. The van der Waals surface area contributed by atoms with Crippen molar-refractivity contribution in [1.82, 2.24) is 5.32 Å². The van der Waals surface area contributed by atoms with Gasteiger partial charge in [0.2, 0.25) is 5.91 Å². The summed E-state index contributed by atoms with van der Waals surface area (Å²) in [6.45, 7) is 4.27. The average molecular weight is 235 g/mol. The van der Waals surface area contributed by atoms with Crippen LogP contribution in [0.3, 0.4) is 0 Å². The molecule has 0 saturated carbocycles. The SMILES string of the molecule is CNC(=O)CC(c1ccc(OC)cc1)C(C)C. The predicted octanol–water partition coefficient (Wildman–Crippen LogP) is 2.57. The number of carbonyl (C=O) groups is 1. The van der Waals surface area contributed by atoms with E-state index in [0.29, 0.717) is 12.3 Å². The van der Waals surface area contributed by atoms with Crippen molar-refractivity contribution in [2.75, 3.05) is 14.2 Å². The van der Waals surface area contributed by atoms with Crippen molar-refractivity contribution in [3.63, 3.8) is 0 Å². The lowest BCUT2D eigenvalue weighted by molar-refractivity contribution is -0.121. The van der Waals surface area contributed by atoms with Gasteiger partial charge in [0.15, 0.2) is 0 Å². The van der Waals surface area contributed by atoms with E-state index in [0.717, 1.165) is 5.75 Å². The molecule has 0 radical (unpaired) electrons. The van der Waals surface area contributed by atoms with E-state index < -0.39 is 0 Å². The van der Waals surface area contributed by atoms with E-state index in [-0.39, 0.29) is 11.8 Å². The summed E-state index contributed by atoms with van der Waals surface area (Å²) in [5, 5.41) is 2.68. The Labute approximate surface area is 103 Å². The molecule has 1 amide bonds. The van der Waals surface area contributed by atoms with Crippen molar-refractivity contribution < 1.29 is 9.53 Å². The van der Waals surface area contributed by atoms with Crippen LogP contribution in [0.25, 0.3) is 0 Å². The molecule has 1 N–H and O–H groups in total. The number of ether oxygens (including phenoxy) is 1. The lowest BCUT2D eigenvalue weighted by Crippen LogP contribution is -2.22. The highest BCUT2D eigenvalue weighted by molar-refractivity contribution is 5.76. The van der Waals surface area contributed by atoms with Gasteiger partial charge in [-0.15, -0.1) is 0 Å². The first kappa shape index (κ1) is 13.6. The molecular weight excluding hydrogens is 214 g/mol. The molecule has 1 aromatic carbocycles. The van der Waals surface area contributed by atoms with Crippen LogP contribution < -0.4 is 10.1 Å². The summed E-state index contributed by atoms with van der Waals surface area (Å²) in [5.74, 6) is 1.61. The van der Waals surface area contributed by atoms with Gasteiger partial charge in [-0.25, -0.2) is 0 Å². The Bertz CT molecular complexity index is 357. The summed E-state index contributed by atoms with van der Waals surface area (Å²) in [6.07, 6.45) is 0.528. The van der Waals surface area contributed by atoms with Crippen LogP contribution in [0.1, 0.15) is 31.7 Å². The number of hydrogen-bond acceptors (Lipinski definition) is 2. The Hall–Kier alpha value is -1.51. The lowest BCUT2D eigenvalue weighted by atomic mass is 9.85. The number of nitrogens with one attached hydrogen (secondary N) is 1. The van der Waals surface area contributed by atoms with Crippen molar-refractivity contribution >= 4 is 5.91 Å². The molecule has 94 valence electrons. The number of hydrogen-bond donors (Lipinski definition) is 1. The minimum atomic E-state index is 0.0829. The minimum Gasteiger partial charge on any atom is -0.497 e. The number of methoxy groups -OCH3 is 1. The quantitative estimate of drug-likeness (QED) is 0.851. The summed E-state index contributed by atoms with van der Waals surface area (Å²) in [5.41, 5.74) is 1.18. The Morgan fingerprint density at radius 1 is 1.29 bits per heavy atom. The smallest absolute Gasteiger partial charge is 0.220 e. The standard InChI is InChI=1S/C14H21NO2/c1-10(2)13(9-14(16)15-3)11-5-7-12(17-4)8-6-11/h5-8,10,13H,9H2,1-4H3,(H,15,16). The van der Waals surface area contributed by atoms with Gasteiger partial charge in [0.25, 0.3) is 0 Å². The third-order valence-electron chi connectivity index (χ3n) is 3.03.